The Kier molecular flexibility index (Phi) is 7.42. The fourth-order valence-corrected chi connectivity index (χ4v) is 3.25. The first kappa shape index (κ1) is 18.2. The fraction of sp³-hybridized carbons (Fsp3) is 0.857. The van der Waals surface area contributed by atoms with Crippen molar-refractivity contribution in [2.75, 3.05) is 40.4 Å². The van der Waals surface area contributed by atoms with Crippen LogP contribution in [0, 0.1) is 0 Å². The van der Waals surface area contributed by atoms with Gasteiger partial charge in [0.25, 0.3) is 0 Å². The molecule has 21 heavy (non-hydrogen) atoms. The Balaban J connectivity index is 0.00000220. The largest absolute Gasteiger partial charge is 0.468 e. The molecular weight excluding hydrogens is 296 g/mol. The summed E-state index contributed by atoms with van der Waals surface area (Å²) < 4.78 is 9.69. The Bertz CT molecular complexity index is 333. The highest BCUT2D eigenvalue weighted by atomic mass is 35.5. The van der Waals surface area contributed by atoms with Crippen LogP contribution in [0.3, 0.4) is 0 Å². The van der Waals surface area contributed by atoms with E-state index in [1.807, 2.05) is 0 Å². The van der Waals surface area contributed by atoms with Gasteiger partial charge in [0.2, 0.25) is 0 Å². The van der Waals surface area contributed by atoms with Crippen LogP contribution in [0.5, 0.6) is 0 Å². The maximum absolute atomic E-state index is 11.7. The van der Waals surface area contributed by atoms with E-state index in [-0.39, 0.29) is 36.4 Å². The monoisotopic (exact) mass is 320 g/mol. The van der Waals surface area contributed by atoms with Crippen molar-refractivity contribution in [2.24, 2.45) is 0 Å². The molecule has 6 nitrogen and oxygen atoms in total. The van der Waals surface area contributed by atoms with Gasteiger partial charge in [-0.1, -0.05) is 0 Å². The minimum Gasteiger partial charge on any atom is -0.468 e. The summed E-state index contributed by atoms with van der Waals surface area (Å²) in [7, 11) is 2.87. The minimum atomic E-state index is -0.145. The van der Waals surface area contributed by atoms with Crippen LogP contribution in [0.25, 0.3) is 0 Å². The van der Waals surface area contributed by atoms with Crippen LogP contribution in [0.1, 0.15) is 25.7 Å². The van der Waals surface area contributed by atoms with E-state index in [9.17, 15) is 9.59 Å². The predicted molar refractivity (Wildman–Crippen MR) is 80.5 cm³/mol. The smallest absolute Gasteiger partial charge is 0.323 e. The average molecular weight is 321 g/mol. The summed E-state index contributed by atoms with van der Waals surface area (Å²) in [5, 5.41) is 0. The summed E-state index contributed by atoms with van der Waals surface area (Å²) in [6, 6.07) is -0.224. The van der Waals surface area contributed by atoms with Crippen LogP contribution in [0.15, 0.2) is 0 Å². The van der Waals surface area contributed by atoms with Gasteiger partial charge < -0.3 is 9.47 Å². The number of rotatable bonds is 5. The van der Waals surface area contributed by atoms with E-state index in [0.29, 0.717) is 0 Å². The lowest BCUT2D eigenvalue weighted by Gasteiger charge is -2.27. The average Bonchev–Trinajstić information content (AvgIpc) is 3.11. The fourth-order valence-electron chi connectivity index (χ4n) is 3.25. The van der Waals surface area contributed by atoms with Gasteiger partial charge >= 0.3 is 11.9 Å². The summed E-state index contributed by atoms with van der Waals surface area (Å²) in [6.07, 6.45) is 3.79. The molecule has 2 aliphatic heterocycles. The SMILES string of the molecule is COC(=O)[C@@H]1CCCN1CCN1CCC[C@H]1C(=O)OC.Cl. The van der Waals surface area contributed by atoms with Gasteiger partial charge in [0.1, 0.15) is 12.1 Å². The molecule has 0 aromatic heterocycles. The molecule has 0 amide bonds. The molecule has 0 aromatic carbocycles. The van der Waals surface area contributed by atoms with Crippen molar-refractivity contribution in [3.8, 4) is 0 Å². The number of hydrogen-bond acceptors (Lipinski definition) is 6. The maximum atomic E-state index is 11.7. The highest BCUT2D eigenvalue weighted by Crippen LogP contribution is 2.21. The van der Waals surface area contributed by atoms with Gasteiger partial charge in [0.15, 0.2) is 0 Å². The normalized spacial score (nSPS) is 26.4. The third kappa shape index (κ3) is 4.31. The number of carbonyl (C=O) groups excluding carboxylic acids is 2. The van der Waals surface area contributed by atoms with Crippen molar-refractivity contribution in [1.82, 2.24) is 9.80 Å². The zero-order valence-corrected chi connectivity index (χ0v) is 13.6. The summed E-state index contributed by atoms with van der Waals surface area (Å²) in [5.41, 5.74) is 0. The maximum Gasteiger partial charge on any atom is 0.323 e. The molecule has 122 valence electrons. The van der Waals surface area contributed by atoms with Crippen molar-refractivity contribution in [3.63, 3.8) is 0 Å². The van der Waals surface area contributed by atoms with Gasteiger partial charge in [-0.05, 0) is 38.8 Å². The summed E-state index contributed by atoms with van der Waals surface area (Å²) in [5.74, 6) is -0.290. The van der Waals surface area contributed by atoms with Gasteiger partial charge in [-0.25, -0.2) is 0 Å². The van der Waals surface area contributed by atoms with Crippen molar-refractivity contribution in [3.05, 3.63) is 0 Å². The zero-order chi connectivity index (χ0) is 14.5. The standard InChI is InChI=1S/C14H24N2O4.ClH/c1-19-13(17)11-5-3-7-15(11)9-10-16-8-4-6-12(16)14(18)20-2;/h11-12H,3-10H2,1-2H3;1H/t11-,12-;/m0./s1. The molecule has 2 aliphatic rings. The minimum absolute atomic E-state index is 0. The molecule has 2 atom stereocenters. The number of esters is 2. The molecule has 0 saturated carbocycles. The second kappa shape index (κ2) is 8.56. The highest BCUT2D eigenvalue weighted by molar-refractivity contribution is 5.85. The van der Waals surface area contributed by atoms with Gasteiger partial charge in [-0.15, -0.1) is 12.4 Å². The van der Waals surface area contributed by atoms with Crippen molar-refractivity contribution < 1.29 is 19.1 Å². The van der Waals surface area contributed by atoms with Crippen LogP contribution < -0.4 is 0 Å². The van der Waals surface area contributed by atoms with Crippen molar-refractivity contribution in [1.29, 1.82) is 0 Å². The zero-order valence-electron chi connectivity index (χ0n) is 12.7. The number of ether oxygens (including phenoxy) is 2. The van der Waals surface area contributed by atoms with Crippen molar-refractivity contribution in [2.45, 2.75) is 37.8 Å². The summed E-state index contributed by atoms with van der Waals surface area (Å²) in [6.45, 7) is 3.45. The Morgan fingerprint density at radius 2 is 1.29 bits per heavy atom. The lowest BCUT2D eigenvalue weighted by atomic mass is 10.2. The van der Waals surface area contributed by atoms with Crippen LogP contribution >= 0.6 is 12.4 Å². The molecule has 0 bridgehead atoms. The van der Waals surface area contributed by atoms with Crippen LogP contribution in [0.2, 0.25) is 0 Å². The number of methoxy groups -OCH3 is 2. The molecule has 0 aromatic rings. The first-order chi connectivity index (χ1) is 9.67. The summed E-state index contributed by atoms with van der Waals surface area (Å²) in [4.78, 5) is 27.7. The second-order valence-corrected chi connectivity index (χ2v) is 5.43. The molecule has 0 aliphatic carbocycles. The molecule has 7 heteroatoms. The van der Waals surface area contributed by atoms with E-state index >= 15 is 0 Å². The van der Waals surface area contributed by atoms with E-state index in [2.05, 4.69) is 9.80 Å². The third-order valence-electron chi connectivity index (χ3n) is 4.35. The number of halogens is 1. The first-order valence-electron chi connectivity index (χ1n) is 7.31. The van der Waals surface area contributed by atoms with E-state index in [1.54, 1.807) is 0 Å². The van der Waals surface area contributed by atoms with Crippen LogP contribution in [-0.4, -0.2) is 74.2 Å². The molecule has 0 radical (unpaired) electrons. The molecule has 0 N–H and O–H groups in total. The van der Waals surface area contributed by atoms with Crippen LogP contribution in [-0.2, 0) is 19.1 Å². The Morgan fingerprint density at radius 1 is 0.905 bits per heavy atom. The molecule has 2 fully saturated rings. The highest BCUT2D eigenvalue weighted by Gasteiger charge is 2.34. The van der Waals surface area contributed by atoms with E-state index in [1.165, 1.54) is 14.2 Å². The molecule has 2 saturated heterocycles. The predicted octanol–water partition coefficient (Wildman–Crippen LogP) is 0.683. The van der Waals surface area contributed by atoms with Crippen molar-refractivity contribution >= 4 is 24.3 Å². The lowest BCUT2D eigenvalue weighted by Crippen LogP contribution is -2.44. The summed E-state index contributed by atoms with van der Waals surface area (Å²) >= 11 is 0. The Hall–Kier alpha value is -0.850. The molecule has 2 heterocycles. The van der Waals surface area contributed by atoms with Gasteiger partial charge in [0, 0.05) is 13.1 Å². The molecular formula is C14H25ClN2O4. The molecule has 0 spiro atoms. The number of carbonyl (C=O) groups is 2. The quantitative estimate of drug-likeness (QED) is 0.694. The molecule has 2 rings (SSSR count). The molecule has 0 unspecified atom stereocenters. The van der Waals surface area contributed by atoms with E-state index in [0.717, 1.165) is 51.9 Å². The second-order valence-electron chi connectivity index (χ2n) is 5.43. The van der Waals surface area contributed by atoms with E-state index in [4.69, 9.17) is 9.47 Å². The van der Waals surface area contributed by atoms with Gasteiger partial charge in [0.05, 0.1) is 14.2 Å². The number of hydrogen-bond donors (Lipinski definition) is 0. The lowest BCUT2D eigenvalue weighted by molar-refractivity contribution is -0.147. The first-order valence-corrected chi connectivity index (χ1v) is 7.31. The topological polar surface area (TPSA) is 59.1 Å². The van der Waals surface area contributed by atoms with Crippen LogP contribution in [0.4, 0.5) is 0 Å². The number of nitrogens with zero attached hydrogens (tertiary/aromatic N) is 2. The van der Waals surface area contributed by atoms with Gasteiger partial charge in [-0.3, -0.25) is 19.4 Å². The Morgan fingerprint density at radius 3 is 1.62 bits per heavy atom. The van der Waals surface area contributed by atoms with Gasteiger partial charge in [-0.2, -0.15) is 0 Å². The third-order valence-corrected chi connectivity index (χ3v) is 4.35. The van der Waals surface area contributed by atoms with E-state index < -0.39 is 0 Å². The Labute approximate surface area is 132 Å². The number of likely N-dealkylation sites (tertiary alicyclic amines) is 2.